The quantitative estimate of drug-likeness (QED) is 0.579. The van der Waals surface area contributed by atoms with Crippen LogP contribution >= 0.6 is 0 Å². The van der Waals surface area contributed by atoms with Crippen LogP contribution in [0.1, 0.15) is 22.7 Å². The molecule has 1 aromatic rings. The predicted molar refractivity (Wildman–Crippen MR) is 64.5 cm³/mol. The fraction of sp³-hybridized carbons (Fsp3) is 0.500. The van der Waals surface area contributed by atoms with E-state index in [4.69, 9.17) is 5.84 Å². The van der Waals surface area contributed by atoms with Gasteiger partial charge in [0.1, 0.15) is 0 Å². The number of nitrogens with two attached hydrogens (primary N) is 1. The summed E-state index contributed by atoms with van der Waals surface area (Å²) in [5, 5.41) is 0. The highest BCUT2D eigenvalue weighted by molar-refractivity contribution is 5.32. The molecule has 1 rings (SSSR count). The zero-order valence-corrected chi connectivity index (χ0v) is 10.0. The molecule has 0 aliphatic rings. The second-order valence-electron chi connectivity index (χ2n) is 4.34. The summed E-state index contributed by atoms with van der Waals surface area (Å²) in [4.78, 5) is 2.13. The molecule has 3 N–H and O–H groups in total. The van der Waals surface area contributed by atoms with Gasteiger partial charge >= 0.3 is 0 Å². The molecule has 0 aliphatic carbocycles. The number of benzene rings is 1. The van der Waals surface area contributed by atoms with Crippen molar-refractivity contribution in [3.63, 3.8) is 0 Å². The Morgan fingerprint density at radius 1 is 1.33 bits per heavy atom. The van der Waals surface area contributed by atoms with Crippen molar-refractivity contribution in [2.45, 2.75) is 19.9 Å². The number of likely N-dealkylation sites (N-methyl/N-ethyl adjacent to an activating group) is 1. The smallest absolute Gasteiger partial charge is 0.0589 e. The lowest BCUT2D eigenvalue weighted by atomic mass is 9.99. The first-order valence-electron chi connectivity index (χ1n) is 5.22. The van der Waals surface area contributed by atoms with Gasteiger partial charge in [0.05, 0.1) is 6.04 Å². The molecule has 1 unspecified atom stereocenters. The summed E-state index contributed by atoms with van der Waals surface area (Å²) < 4.78 is 0. The molecule has 0 heterocycles. The summed E-state index contributed by atoms with van der Waals surface area (Å²) in [6.45, 7) is 5.14. The van der Waals surface area contributed by atoms with Crippen LogP contribution in [0.5, 0.6) is 0 Å². The summed E-state index contributed by atoms with van der Waals surface area (Å²) in [5.74, 6) is 5.58. The van der Waals surface area contributed by atoms with Gasteiger partial charge in [0.15, 0.2) is 0 Å². The topological polar surface area (TPSA) is 41.3 Å². The van der Waals surface area contributed by atoms with Crippen LogP contribution in [0.2, 0.25) is 0 Å². The fourth-order valence-corrected chi connectivity index (χ4v) is 1.82. The van der Waals surface area contributed by atoms with Gasteiger partial charge in [-0.2, -0.15) is 0 Å². The van der Waals surface area contributed by atoms with E-state index in [1.54, 1.807) is 0 Å². The van der Waals surface area contributed by atoms with E-state index in [-0.39, 0.29) is 6.04 Å². The third-order valence-corrected chi connectivity index (χ3v) is 2.55. The van der Waals surface area contributed by atoms with E-state index < -0.39 is 0 Å². The van der Waals surface area contributed by atoms with E-state index in [2.05, 4.69) is 42.4 Å². The molecule has 0 amide bonds. The van der Waals surface area contributed by atoms with Crippen molar-refractivity contribution in [3.8, 4) is 0 Å². The van der Waals surface area contributed by atoms with Crippen molar-refractivity contribution in [3.05, 3.63) is 34.9 Å². The molecule has 15 heavy (non-hydrogen) atoms. The molecule has 0 aliphatic heterocycles. The van der Waals surface area contributed by atoms with Crippen molar-refractivity contribution in [2.24, 2.45) is 5.84 Å². The summed E-state index contributed by atoms with van der Waals surface area (Å²) in [7, 11) is 4.10. The van der Waals surface area contributed by atoms with E-state index in [9.17, 15) is 0 Å². The van der Waals surface area contributed by atoms with E-state index in [0.717, 1.165) is 6.54 Å². The Balaban J connectivity index is 2.91. The fourth-order valence-electron chi connectivity index (χ4n) is 1.82. The van der Waals surface area contributed by atoms with Gasteiger partial charge in [-0.15, -0.1) is 0 Å². The summed E-state index contributed by atoms with van der Waals surface area (Å²) >= 11 is 0. The Bertz CT molecular complexity index is 321. The van der Waals surface area contributed by atoms with Crippen LogP contribution in [0, 0.1) is 13.8 Å². The number of hydrogen-bond acceptors (Lipinski definition) is 3. The largest absolute Gasteiger partial charge is 0.307 e. The van der Waals surface area contributed by atoms with E-state index >= 15 is 0 Å². The number of hydrazine groups is 1. The molecule has 0 aromatic heterocycles. The first kappa shape index (κ1) is 12.2. The summed E-state index contributed by atoms with van der Waals surface area (Å²) in [6, 6.07) is 6.66. The third kappa shape index (κ3) is 3.30. The highest BCUT2D eigenvalue weighted by Crippen LogP contribution is 2.18. The Morgan fingerprint density at radius 3 is 2.47 bits per heavy atom. The average molecular weight is 207 g/mol. The number of nitrogens with zero attached hydrogens (tertiary/aromatic N) is 1. The molecule has 0 saturated heterocycles. The van der Waals surface area contributed by atoms with E-state index in [1.165, 1.54) is 16.7 Å². The van der Waals surface area contributed by atoms with Crippen LogP contribution in [0.15, 0.2) is 18.2 Å². The molecule has 0 bridgehead atoms. The van der Waals surface area contributed by atoms with Gasteiger partial charge in [-0.1, -0.05) is 23.8 Å². The number of nitrogens with one attached hydrogen (secondary N) is 1. The molecule has 0 radical (unpaired) electrons. The number of hydrogen-bond donors (Lipinski definition) is 2. The lowest BCUT2D eigenvalue weighted by Crippen LogP contribution is -2.35. The number of rotatable bonds is 4. The summed E-state index contributed by atoms with van der Waals surface area (Å²) in [5.41, 5.74) is 6.72. The van der Waals surface area contributed by atoms with Crippen molar-refractivity contribution in [1.82, 2.24) is 10.3 Å². The minimum Gasteiger partial charge on any atom is -0.307 e. The monoisotopic (exact) mass is 207 g/mol. The standard InChI is InChI=1S/C12H21N3/c1-9-5-6-11(10(2)7-9)12(14-13)8-15(3)4/h5-7,12,14H,8,13H2,1-4H3. The van der Waals surface area contributed by atoms with Gasteiger partial charge in [0.2, 0.25) is 0 Å². The van der Waals surface area contributed by atoms with E-state index in [1.807, 2.05) is 14.1 Å². The second kappa shape index (κ2) is 5.26. The Morgan fingerprint density at radius 2 is 2.00 bits per heavy atom. The highest BCUT2D eigenvalue weighted by atomic mass is 15.3. The SMILES string of the molecule is Cc1ccc(C(CN(C)C)NN)c(C)c1. The van der Waals surface area contributed by atoms with Gasteiger partial charge in [-0.25, -0.2) is 0 Å². The maximum absolute atomic E-state index is 5.58. The van der Waals surface area contributed by atoms with Crippen LogP contribution in [0.25, 0.3) is 0 Å². The number of aryl methyl sites for hydroxylation is 2. The molecule has 1 aromatic carbocycles. The van der Waals surface area contributed by atoms with Gasteiger partial charge in [0, 0.05) is 6.54 Å². The molecule has 84 valence electrons. The third-order valence-electron chi connectivity index (χ3n) is 2.55. The van der Waals surface area contributed by atoms with Crippen LogP contribution in [-0.4, -0.2) is 25.5 Å². The first-order valence-corrected chi connectivity index (χ1v) is 5.22. The van der Waals surface area contributed by atoms with Crippen molar-refractivity contribution < 1.29 is 0 Å². The molecule has 0 fully saturated rings. The molecule has 3 heteroatoms. The van der Waals surface area contributed by atoms with Gasteiger partial charge < -0.3 is 4.90 Å². The Hall–Kier alpha value is -0.900. The Kier molecular flexibility index (Phi) is 4.27. The Labute approximate surface area is 92.2 Å². The highest BCUT2D eigenvalue weighted by Gasteiger charge is 2.12. The second-order valence-corrected chi connectivity index (χ2v) is 4.34. The molecular formula is C12H21N3. The lowest BCUT2D eigenvalue weighted by Gasteiger charge is -2.22. The van der Waals surface area contributed by atoms with Crippen LogP contribution in [0.4, 0.5) is 0 Å². The minimum atomic E-state index is 0.195. The van der Waals surface area contributed by atoms with Crippen LogP contribution in [-0.2, 0) is 0 Å². The first-order chi connectivity index (χ1) is 7.04. The normalized spacial score (nSPS) is 13.2. The van der Waals surface area contributed by atoms with Gasteiger partial charge in [-0.3, -0.25) is 11.3 Å². The molecule has 1 atom stereocenters. The van der Waals surface area contributed by atoms with Gasteiger partial charge in [0.25, 0.3) is 0 Å². The predicted octanol–water partition coefficient (Wildman–Crippen LogP) is 1.37. The van der Waals surface area contributed by atoms with Crippen LogP contribution in [0.3, 0.4) is 0 Å². The van der Waals surface area contributed by atoms with Crippen LogP contribution < -0.4 is 11.3 Å². The van der Waals surface area contributed by atoms with Gasteiger partial charge in [-0.05, 0) is 39.1 Å². The molecule has 0 saturated carbocycles. The molecular weight excluding hydrogens is 186 g/mol. The maximum atomic E-state index is 5.58. The van der Waals surface area contributed by atoms with Crippen molar-refractivity contribution in [2.75, 3.05) is 20.6 Å². The zero-order valence-electron chi connectivity index (χ0n) is 10.0. The molecule has 0 spiro atoms. The lowest BCUT2D eigenvalue weighted by molar-refractivity contribution is 0.344. The van der Waals surface area contributed by atoms with Crippen molar-refractivity contribution in [1.29, 1.82) is 0 Å². The summed E-state index contributed by atoms with van der Waals surface area (Å²) in [6.07, 6.45) is 0. The van der Waals surface area contributed by atoms with E-state index in [0.29, 0.717) is 0 Å². The zero-order chi connectivity index (χ0) is 11.4. The maximum Gasteiger partial charge on any atom is 0.0589 e. The average Bonchev–Trinajstić information content (AvgIpc) is 2.14. The molecule has 3 nitrogen and oxygen atoms in total. The minimum absolute atomic E-state index is 0.195. The van der Waals surface area contributed by atoms with Crippen molar-refractivity contribution >= 4 is 0 Å².